The Hall–Kier alpha value is -0.790. The van der Waals surface area contributed by atoms with E-state index in [9.17, 15) is 26.4 Å². The van der Waals surface area contributed by atoms with E-state index >= 15 is 0 Å². The summed E-state index contributed by atoms with van der Waals surface area (Å²) in [5.74, 6) is -2.99. The highest BCUT2D eigenvalue weighted by Gasteiger charge is 2.40. The van der Waals surface area contributed by atoms with Gasteiger partial charge in [-0.15, -0.1) is 0 Å². The summed E-state index contributed by atoms with van der Waals surface area (Å²) >= 11 is 0. The molecule has 0 rings (SSSR count). The van der Waals surface area contributed by atoms with Crippen LogP contribution in [0.3, 0.4) is 0 Å². The van der Waals surface area contributed by atoms with Gasteiger partial charge in [0.05, 0.1) is 5.75 Å². The number of halogens is 3. The first-order valence-corrected chi connectivity index (χ1v) is 5.10. The maximum Gasteiger partial charge on any atom is 0.490 e. The standard InChI is InChI=1S/C5H7F3O4S/c1-13(10,11)3-2-12-4(9)5(6,7)8/h2-3H2,1H3. The molecule has 0 N–H and O–H groups in total. The van der Waals surface area contributed by atoms with Gasteiger partial charge >= 0.3 is 12.1 Å². The molecule has 8 heteroatoms. The Morgan fingerprint density at radius 3 is 2.15 bits per heavy atom. The van der Waals surface area contributed by atoms with Gasteiger partial charge in [0.2, 0.25) is 0 Å². The van der Waals surface area contributed by atoms with Crippen molar-refractivity contribution in [3.8, 4) is 0 Å². The Morgan fingerprint density at radius 1 is 1.38 bits per heavy atom. The van der Waals surface area contributed by atoms with Gasteiger partial charge < -0.3 is 4.74 Å². The summed E-state index contributed by atoms with van der Waals surface area (Å²) in [6, 6.07) is 0. The molecule has 0 radical (unpaired) electrons. The van der Waals surface area contributed by atoms with E-state index in [2.05, 4.69) is 4.74 Å². The molecule has 0 spiro atoms. The van der Waals surface area contributed by atoms with Crippen molar-refractivity contribution in [3.05, 3.63) is 0 Å². The number of hydrogen-bond donors (Lipinski definition) is 0. The van der Waals surface area contributed by atoms with E-state index in [4.69, 9.17) is 0 Å². The quantitative estimate of drug-likeness (QED) is 0.634. The van der Waals surface area contributed by atoms with E-state index in [1.165, 1.54) is 0 Å². The molecule has 0 saturated carbocycles. The van der Waals surface area contributed by atoms with Gasteiger partial charge in [0.15, 0.2) is 9.84 Å². The molecular weight excluding hydrogens is 213 g/mol. The molecule has 4 nitrogen and oxygen atoms in total. The molecule has 0 fully saturated rings. The van der Waals surface area contributed by atoms with Crippen molar-refractivity contribution in [3.63, 3.8) is 0 Å². The Labute approximate surface area is 72.6 Å². The van der Waals surface area contributed by atoms with Crippen molar-refractivity contribution < 1.29 is 31.1 Å². The number of carbonyl (C=O) groups excluding carboxylic acids is 1. The second-order valence-corrected chi connectivity index (χ2v) is 4.52. The van der Waals surface area contributed by atoms with Crippen LogP contribution >= 0.6 is 0 Å². The lowest BCUT2D eigenvalue weighted by atomic mass is 10.6. The van der Waals surface area contributed by atoms with Gasteiger partial charge in [0.25, 0.3) is 0 Å². The number of alkyl halides is 3. The maximum atomic E-state index is 11.4. The predicted octanol–water partition coefficient (Wildman–Crippen LogP) is 0.136. The lowest BCUT2D eigenvalue weighted by molar-refractivity contribution is -0.199. The van der Waals surface area contributed by atoms with Crippen molar-refractivity contribution in [2.45, 2.75) is 6.18 Å². The van der Waals surface area contributed by atoms with Gasteiger partial charge in [-0.05, 0) is 0 Å². The maximum absolute atomic E-state index is 11.4. The highest BCUT2D eigenvalue weighted by molar-refractivity contribution is 7.90. The zero-order chi connectivity index (χ0) is 10.7. The molecule has 0 atom stereocenters. The molecule has 0 aliphatic rings. The van der Waals surface area contributed by atoms with E-state index in [1.54, 1.807) is 0 Å². The first-order chi connectivity index (χ1) is 5.63. The lowest BCUT2D eigenvalue weighted by Gasteiger charge is -2.05. The lowest BCUT2D eigenvalue weighted by Crippen LogP contribution is -2.27. The van der Waals surface area contributed by atoms with E-state index in [1.807, 2.05) is 0 Å². The highest BCUT2D eigenvalue weighted by Crippen LogP contribution is 2.16. The molecule has 13 heavy (non-hydrogen) atoms. The van der Waals surface area contributed by atoms with Gasteiger partial charge in [-0.25, -0.2) is 13.2 Å². The van der Waals surface area contributed by atoms with Crippen LogP contribution in [0.2, 0.25) is 0 Å². The summed E-state index contributed by atoms with van der Waals surface area (Å²) in [7, 11) is -3.41. The minimum Gasteiger partial charge on any atom is -0.458 e. The van der Waals surface area contributed by atoms with E-state index in [0.29, 0.717) is 0 Å². The first-order valence-electron chi connectivity index (χ1n) is 3.04. The zero-order valence-corrected chi connectivity index (χ0v) is 7.41. The fourth-order valence-electron chi connectivity index (χ4n) is 0.368. The number of hydrogen-bond acceptors (Lipinski definition) is 4. The average Bonchev–Trinajstić information content (AvgIpc) is 1.82. The van der Waals surface area contributed by atoms with Crippen LogP contribution in [0.1, 0.15) is 0 Å². The monoisotopic (exact) mass is 220 g/mol. The molecule has 0 unspecified atom stereocenters. The first kappa shape index (κ1) is 12.2. The normalized spacial score (nSPS) is 12.6. The number of rotatable bonds is 3. The second-order valence-electron chi connectivity index (χ2n) is 2.26. The predicted molar refractivity (Wildman–Crippen MR) is 36.7 cm³/mol. The van der Waals surface area contributed by atoms with Crippen molar-refractivity contribution >= 4 is 15.8 Å². The van der Waals surface area contributed by atoms with Gasteiger partial charge in [0.1, 0.15) is 6.61 Å². The Kier molecular flexibility index (Phi) is 3.71. The third-order valence-electron chi connectivity index (χ3n) is 0.919. The summed E-state index contributed by atoms with van der Waals surface area (Å²) in [4.78, 5) is 10.0. The number of esters is 1. The minimum atomic E-state index is -5.07. The summed E-state index contributed by atoms with van der Waals surface area (Å²) in [6.45, 7) is -0.781. The van der Waals surface area contributed by atoms with Crippen LogP contribution < -0.4 is 0 Å². The Balaban J connectivity index is 3.87. The van der Waals surface area contributed by atoms with Gasteiger partial charge in [-0.1, -0.05) is 0 Å². The topological polar surface area (TPSA) is 60.4 Å². The van der Waals surface area contributed by atoms with Crippen LogP contribution in [0.5, 0.6) is 0 Å². The molecule has 78 valence electrons. The molecule has 0 saturated heterocycles. The summed E-state index contributed by atoms with van der Waals surface area (Å²) in [6.07, 6.45) is -4.24. The number of sulfone groups is 1. The van der Waals surface area contributed by atoms with Gasteiger partial charge in [0, 0.05) is 6.26 Å². The van der Waals surface area contributed by atoms with E-state index < -0.39 is 34.3 Å². The molecule has 0 aromatic heterocycles. The van der Waals surface area contributed by atoms with E-state index in [-0.39, 0.29) is 0 Å². The summed E-state index contributed by atoms with van der Waals surface area (Å²) < 4.78 is 58.8. The molecular formula is C5H7F3O4S. The number of carbonyl (C=O) groups is 1. The van der Waals surface area contributed by atoms with Crippen LogP contribution in [0.4, 0.5) is 13.2 Å². The Morgan fingerprint density at radius 2 is 1.85 bits per heavy atom. The SMILES string of the molecule is CS(=O)(=O)CCOC(=O)C(F)(F)F. The van der Waals surface area contributed by atoms with Crippen molar-refractivity contribution in [1.29, 1.82) is 0 Å². The summed E-state index contributed by atoms with van der Waals surface area (Å²) in [5.41, 5.74) is 0. The summed E-state index contributed by atoms with van der Waals surface area (Å²) in [5, 5.41) is 0. The van der Waals surface area contributed by atoms with Crippen molar-refractivity contribution in [1.82, 2.24) is 0 Å². The molecule has 0 aliphatic heterocycles. The molecule has 0 aromatic carbocycles. The van der Waals surface area contributed by atoms with Crippen molar-refractivity contribution in [2.75, 3.05) is 18.6 Å². The fourth-order valence-corrected chi connectivity index (χ4v) is 0.754. The fraction of sp³-hybridized carbons (Fsp3) is 0.800. The van der Waals surface area contributed by atoms with Gasteiger partial charge in [-0.3, -0.25) is 0 Å². The largest absolute Gasteiger partial charge is 0.490 e. The van der Waals surface area contributed by atoms with Gasteiger partial charge in [-0.2, -0.15) is 13.2 Å². The van der Waals surface area contributed by atoms with Crippen LogP contribution in [-0.4, -0.2) is 39.2 Å². The molecule has 0 heterocycles. The van der Waals surface area contributed by atoms with E-state index in [0.717, 1.165) is 6.26 Å². The van der Waals surface area contributed by atoms with Crippen LogP contribution in [-0.2, 0) is 19.4 Å². The Bertz CT molecular complexity index is 279. The third-order valence-corrected chi connectivity index (χ3v) is 1.83. The zero-order valence-electron chi connectivity index (χ0n) is 6.59. The highest BCUT2D eigenvalue weighted by atomic mass is 32.2. The third kappa shape index (κ3) is 6.38. The second kappa shape index (κ2) is 3.95. The molecule has 0 aromatic rings. The molecule has 0 bridgehead atoms. The number of ether oxygens (including phenoxy) is 1. The minimum absolute atomic E-state index is 0.616. The van der Waals surface area contributed by atoms with Crippen LogP contribution in [0, 0.1) is 0 Å². The smallest absolute Gasteiger partial charge is 0.458 e. The molecule has 0 amide bonds. The van der Waals surface area contributed by atoms with Crippen molar-refractivity contribution in [2.24, 2.45) is 0 Å². The van der Waals surface area contributed by atoms with Crippen LogP contribution in [0.15, 0.2) is 0 Å². The average molecular weight is 220 g/mol. The molecule has 0 aliphatic carbocycles. The van der Waals surface area contributed by atoms with Crippen LogP contribution in [0.25, 0.3) is 0 Å².